The van der Waals surface area contributed by atoms with Crippen LogP contribution in [0.3, 0.4) is 0 Å². The van der Waals surface area contributed by atoms with Crippen LogP contribution in [0.15, 0.2) is 36.4 Å². The lowest BCUT2D eigenvalue weighted by atomic mass is 10.0. The van der Waals surface area contributed by atoms with E-state index in [1.54, 1.807) is 17.0 Å². The second-order valence-corrected chi connectivity index (χ2v) is 7.31. The predicted molar refractivity (Wildman–Crippen MR) is 110 cm³/mol. The van der Waals surface area contributed by atoms with Gasteiger partial charge in [0.2, 0.25) is 5.91 Å². The van der Waals surface area contributed by atoms with Crippen molar-refractivity contribution in [1.82, 2.24) is 4.90 Å². The van der Waals surface area contributed by atoms with Gasteiger partial charge in [-0.15, -0.1) is 12.4 Å². The third-order valence-electron chi connectivity index (χ3n) is 4.59. The van der Waals surface area contributed by atoms with Crippen molar-refractivity contribution in [2.75, 3.05) is 13.2 Å². The van der Waals surface area contributed by atoms with Gasteiger partial charge < -0.3 is 20.5 Å². The molecule has 27 heavy (non-hydrogen) atoms. The van der Waals surface area contributed by atoms with E-state index < -0.39 is 6.04 Å². The van der Waals surface area contributed by atoms with Crippen LogP contribution in [-0.2, 0) is 11.3 Å². The summed E-state index contributed by atoms with van der Waals surface area (Å²) >= 11 is 6.08. The number of nitrogens with two attached hydrogens (primary N) is 1. The lowest BCUT2D eigenvalue weighted by molar-refractivity contribution is -0.134. The fourth-order valence-corrected chi connectivity index (χ4v) is 3.21. The molecule has 1 aliphatic rings. The van der Waals surface area contributed by atoms with E-state index in [0.29, 0.717) is 30.5 Å². The molecular formula is C20H24Cl2N2O3. The number of phenolic OH excluding ortho intramolecular Hbond substituents is 1. The summed E-state index contributed by atoms with van der Waals surface area (Å²) in [5.41, 5.74) is 8.49. The lowest BCUT2D eigenvalue weighted by Crippen LogP contribution is -2.46. The zero-order valence-corrected chi connectivity index (χ0v) is 16.9. The molecule has 146 valence electrons. The smallest absolute Gasteiger partial charge is 0.240 e. The van der Waals surface area contributed by atoms with Crippen LogP contribution in [0.5, 0.6) is 11.5 Å². The number of carbonyl (C=O) groups is 1. The van der Waals surface area contributed by atoms with Crippen LogP contribution >= 0.6 is 24.0 Å². The van der Waals surface area contributed by atoms with Crippen LogP contribution in [0, 0.1) is 5.92 Å². The Kier molecular flexibility index (Phi) is 6.98. The first kappa shape index (κ1) is 21.4. The van der Waals surface area contributed by atoms with Crippen molar-refractivity contribution in [3.8, 4) is 22.6 Å². The minimum absolute atomic E-state index is 0. The van der Waals surface area contributed by atoms with Crippen LogP contribution in [0.1, 0.15) is 19.4 Å². The van der Waals surface area contributed by atoms with Gasteiger partial charge in [-0.05, 0) is 41.3 Å². The molecule has 2 aromatic rings. The standard InChI is InChI=1S/C20H23ClN2O3.ClH/c1-12(2)18(22)20(25)23-6-7-26-19-15(11-23)8-14(10-17(19)24)13-4-3-5-16(21)9-13;/h3-5,8-10,12,18,24H,6-7,11,22H2,1-2H3;1H/t18-;/m1./s1. The molecule has 0 aliphatic carbocycles. The SMILES string of the molecule is CC(C)[C@@H](N)C(=O)N1CCOc2c(O)cc(-c3cccc(Cl)c3)cc2C1.Cl. The number of hydrogen-bond acceptors (Lipinski definition) is 4. The molecule has 0 saturated heterocycles. The van der Waals surface area contributed by atoms with Crippen molar-refractivity contribution in [3.05, 3.63) is 47.0 Å². The van der Waals surface area contributed by atoms with Gasteiger partial charge in [0, 0.05) is 17.1 Å². The number of halogens is 2. The molecule has 0 radical (unpaired) electrons. The monoisotopic (exact) mass is 410 g/mol. The average molecular weight is 411 g/mol. The van der Waals surface area contributed by atoms with Crippen LogP contribution < -0.4 is 10.5 Å². The fraction of sp³-hybridized carbons (Fsp3) is 0.350. The van der Waals surface area contributed by atoms with Crippen LogP contribution in [0.25, 0.3) is 11.1 Å². The van der Waals surface area contributed by atoms with Gasteiger partial charge in [0.05, 0.1) is 12.6 Å². The Labute approximate surface area is 170 Å². The van der Waals surface area contributed by atoms with Gasteiger partial charge in [-0.1, -0.05) is 37.6 Å². The lowest BCUT2D eigenvalue weighted by Gasteiger charge is -2.25. The number of aromatic hydroxyl groups is 1. The second-order valence-electron chi connectivity index (χ2n) is 6.87. The first-order valence-electron chi connectivity index (χ1n) is 8.66. The number of hydrogen-bond donors (Lipinski definition) is 2. The van der Waals surface area contributed by atoms with Crippen molar-refractivity contribution in [3.63, 3.8) is 0 Å². The van der Waals surface area contributed by atoms with E-state index in [1.807, 2.05) is 38.1 Å². The van der Waals surface area contributed by atoms with Crippen LogP contribution in [0.2, 0.25) is 5.02 Å². The Bertz CT molecular complexity index is 827. The van der Waals surface area contributed by atoms with Gasteiger partial charge in [0.1, 0.15) is 6.61 Å². The van der Waals surface area contributed by atoms with E-state index >= 15 is 0 Å². The van der Waals surface area contributed by atoms with Gasteiger partial charge in [-0.2, -0.15) is 0 Å². The van der Waals surface area contributed by atoms with Gasteiger partial charge >= 0.3 is 0 Å². The van der Waals surface area contributed by atoms with Gasteiger partial charge in [-0.3, -0.25) is 4.79 Å². The number of rotatable bonds is 3. The van der Waals surface area contributed by atoms with E-state index in [0.717, 1.165) is 16.7 Å². The number of nitrogens with zero attached hydrogens (tertiary/aromatic N) is 1. The second kappa shape index (κ2) is 8.83. The number of ether oxygens (including phenoxy) is 1. The van der Waals surface area contributed by atoms with E-state index in [-0.39, 0.29) is 30.0 Å². The Balaban J connectivity index is 0.00000261. The molecule has 3 N–H and O–H groups in total. The number of amides is 1. The zero-order valence-electron chi connectivity index (χ0n) is 15.3. The quantitative estimate of drug-likeness (QED) is 0.805. The maximum Gasteiger partial charge on any atom is 0.240 e. The van der Waals surface area contributed by atoms with E-state index in [9.17, 15) is 9.90 Å². The minimum atomic E-state index is -0.554. The molecule has 0 bridgehead atoms. The number of carbonyl (C=O) groups excluding carboxylic acids is 1. The Morgan fingerprint density at radius 2 is 2.00 bits per heavy atom. The molecule has 7 heteroatoms. The molecule has 0 fully saturated rings. The molecule has 0 unspecified atom stereocenters. The van der Waals surface area contributed by atoms with Gasteiger partial charge in [0.25, 0.3) is 0 Å². The van der Waals surface area contributed by atoms with E-state index in [1.165, 1.54) is 0 Å². The molecule has 1 heterocycles. The van der Waals surface area contributed by atoms with Gasteiger partial charge in [0.15, 0.2) is 11.5 Å². The topological polar surface area (TPSA) is 75.8 Å². The molecule has 2 aromatic carbocycles. The summed E-state index contributed by atoms with van der Waals surface area (Å²) in [7, 11) is 0. The largest absolute Gasteiger partial charge is 0.504 e. The molecule has 1 amide bonds. The van der Waals surface area contributed by atoms with Gasteiger partial charge in [-0.25, -0.2) is 0 Å². The highest BCUT2D eigenvalue weighted by Gasteiger charge is 2.27. The summed E-state index contributed by atoms with van der Waals surface area (Å²) in [4.78, 5) is 14.3. The summed E-state index contributed by atoms with van der Waals surface area (Å²) in [5, 5.41) is 11.0. The Hall–Kier alpha value is -1.95. The summed E-state index contributed by atoms with van der Waals surface area (Å²) < 4.78 is 5.70. The highest BCUT2D eigenvalue weighted by Crippen LogP contribution is 2.38. The number of fused-ring (bicyclic) bond motifs is 1. The molecule has 0 aromatic heterocycles. The molecule has 1 aliphatic heterocycles. The first-order valence-corrected chi connectivity index (χ1v) is 9.03. The molecule has 0 spiro atoms. The van der Waals surface area contributed by atoms with Crippen molar-refractivity contribution >= 4 is 29.9 Å². The minimum Gasteiger partial charge on any atom is -0.504 e. The summed E-state index contributed by atoms with van der Waals surface area (Å²) in [6, 6.07) is 10.4. The van der Waals surface area contributed by atoms with Crippen LogP contribution in [0.4, 0.5) is 0 Å². The predicted octanol–water partition coefficient (Wildman–Crippen LogP) is 3.84. The highest BCUT2D eigenvalue weighted by molar-refractivity contribution is 6.30. The number of benzene rings is 2. The third-order valence-corrected chi connectivity index (χ3v) is 4.82. The van der Waals surface area contributed by atoms with Crippen molar-refractivity contribution in [2.45, 2.75) is 26.4 Å². The Morgan fingerprint density at radius 3 is 2.67 bits per heavy atom. The third kappa shape index (κ3) is 4.67. The van der Waals surface area contributed by atoms with Crippen molar-refractivity contribution in [1.29, 1.82) is 0 Å². The molecule has 1 atom stereocenters. The summed E-state index contributed by atoms with van der Waals surface area (Å²) in [6.45, 7) is 4.94. The van der Waals surface area contributed by atoms with E-state index in [2.05, 4.69) is 0 Å². The van der Waals surface area contributed by atoms with Crippen molar-refractivity contribution in [2.24, 2.45) is 11.7 Å². The fourth-order valence-electron chi connectivity index (χ4n) is 3.02. The van der Waals surface area contributed by atoms with Crippen molar-refractivity contribution < 1.29 is 14.6 Å². The maximum atomic E-state index is 12.7. The molecular weight excluding hydrogens is 387 g/mol. The van der Waals surface area contributed by atoms with Crippen LogP contribution in [-0.4, -0.2) is 35.1 Å². The molecule has 0 saturated carbocycles. The maximum absolute atomic E-state index is 12.7. The molecule has 5 nitrogen and oxygen atoms in total. The molecule has 3 rings (SSSR count). The first-order chi connectivity index (χ1) is 12.4. The highest BCUT2D eigenvalue weighted by atomic mass is 35.5. The Morgan fingerprint density at radius 1 is 1.26 bits per heavy atom. The zero-order chi connectivity index (χ0) is 18.8. The summed E-state index contributed by atoms with van der Waals surface area (Å²) in [5.74, 6) is 0.422. The van der Waals surface area contributed by atoms with E-state index in [4.69, 9.17) is 22.1 Å². The number of phenols is 1. The average Bonchev–Trinajstić information content (AvgIpc) is 2.83. The normalized spacial score (nSPS) is 14.6. The summed E-state index contributed by atoms with van der Waals surface area (Å²) in [6.07, 6.45) is 0.